The highest BCUT2D eigenvalue weighted by Crippen LogP contribution is 2.59. The molecule has 0 aromatic carbocycles. The van der Waals surface area contributed by atoms with E-state index in [0.29, 0.717) is 12.0 Å². The average molecular weight is 195 g/mol. The first-order valence-electron chi connectivity index (χ1n) is 5.61. The predicted octanol–water partition coefficient (Wildman–Crippen LogP) is 1.19. The summed E-state index contributed by atoms with van der Waals surface area (Å²) in [6.45, 7) is 4.10. The molecular weight excluding hydrogens is 178 g/mol. The van der Waals surface area contributed by atoms with Crippen LogP contribution in [-0.4, -0.2) is 35.1 Å². The fourth-order valence-electron chi connectivity index (χ4n) is 3.04. The molecule has 3 nitrogen and oxygen atoms in total. The van der Waals surface area contributed by atoms with E-state index in [4.69, 9.17) is 5.11 Å². The van der Waals surface area contributed by atoms with Crippen LogP contribution in [0.5, 0.6) is 0 Å². The molecule has 1 aliphatic heterocycles. The highest BCUT2D eigenvalue weighted by atomic mass is 16.4. The number of carboxylic acid groups (broad SMARTS) is 1. The first-order chi connectivity index (χ1) is 6.63. The lowest BCUT2D eigenvalue weighted by atomic mass is 10.1. The van der Waals surface area contributed by atoms with E-state index < -0.39 is 5.97 Å². The molecule has 1 N–H and O–H groups in total. The monoisotopic (exact) mass is 195 g/mol. The Balaban J connectivity index is 1.68. The number of fused-ring (bicyclic) bond motifs is 1. The summed E-state index contributed by atoms with van der Waals surface area (Å²) in [5.41, 5.74) is -0.330. The Hall–Kier alpha value is -0.570. The van der Waals surface area contributed by atoms with Crippen LogP contribution >= 0.6 is 0 Å². The van der Waals surface area contributed by atoms with Gasteiger partial charge in [-0.25, -0.2) is 0 Å². The van der Waals surface area contributed by atoms with E-state index in [1.165, 1.54) is 12.8 Å². The molecule has 3 aliphatic rings. The largest absolute Gasteiger partial charge is 0.481 e. The second-order valence-electron chi connectivity index (χ2n) is 5.37. The minimum atomic E-state index is -0.562. The molecule has 78 valence electrons. The van der Waals surface area contributed by atoms with Gasteiger partial charge in [-0.2, -0.15) is 0 Å². The van der Waals surface area contributed by atoms with Crippen molar-refractivity contribution in [3.8, 4) is 0 Å². The van der Waals surface area contributed by atoms with Crippen molar-refractivity contribution in [3.05, 3.63) is 0 Å². The number of hydrogen-bond donors (Lipinski definition) is 1. The summed E-state index contributed by atoms with van der Waals surface area (Å²) in [5.74, 6) is 0.757. The van der Waals surface area contributed by atoms with Crippen LogP contribution in [0, 0.1) is 17.3 Å². The Bertz CT molecular complexity index is 287. The Kier molecular flexibility index (Phi) is 1.56. The van der Waals surface area contributed by atoms with Crippen LogP contribution in [0.15, 0.2) is 0 Å². The van der Waals surface area contributed by atoms with Gasteiger partial charge in [-0.3, -0.25) is 9.69 Å². The number of carboxylic acids is 1. The second-order valence-corrected chi connectivity index (χ2v) is 5.37. The third kappa shape index (κ3) is 1.05. The lowest BCUT2D eigenvalue weighted by molar-refractivity contribution is -0.143. The van der Waals surface area contributed by atoms with Crippen molar-refractivity contribution in [3.63, 3.8) is 0 Å². The van der Waals surface area contributed by atoms with Gasteiger partial charge in [0, 0.05) is 19.1 Å². The molecule has 0 aromatic rings. The molecule has 1 heterocycles. The number of rotatable bonds is 3. The first kappa shape index (κ1) is 8.72. The van der Waals surface area contributed by atoms with E-state index in [1.54, 1.807) is 0 Å². The van der Waals surface area contributed by atoms with Gasteiger partial charge in [0.15, 0.2) is 0 Å². The van der Waals surface area contributed by atoms with Gasteiger partial charge >= 0.3 is 5.97 Å². The van der Waals surface area contributed by atoms with Crippen molar-refractivity contribution >= 4 is 5.97 Å². The fourth-order valence-corrected chi connectivity index (χ4v) is 3.04. The molecule has 1 saturated heterocycles. The number of aliphatic carboxylic acids is 1. The molecule has 2 aliphatic carbocycles. The first-order valence-corrected chi connectivity index (χ1v) is 5.61. The minimum Gasteiger partial charge on any atom is -0.481 e. The number of carbonyl (C=O) groups is 1. The van der Waals surface area contributed by atoms with Crippen LogP contribution in [0.3, 0.4) is 0 Å². The summed E-state index contributed by atoms with van der Waals surface area (Å²) >= 11 is 0. The number of piperidine rings is 1. The predicted molar refractivity (Wildman–Crippen MR) is 51.9 cm³/mol. The lowest BCUT2D eigenvalue weighted by Gasteiger charge is -2.26. The maximum Gasteiger partial charge on any atom is 0.311 e. The van der Waals surface area contributed by atoms with Crippen molar-refractivity contribution in [1.82, 2.24) is 4.90 Å². The van der Waals surface area contributed by atoms with Crippen LogP contribution < -0.4 is 0 Å². The molecule has 2 saturated carbocycles. The molecule has 14 heavy (non-hydrogen) atoms. The number of hydrogen-bond acceptors (Lipinski definition) is 2. The second kappa shape index (κ2) is 2.51. The molecule has 0 spiro atoms. The van der Waals surface area contributed by atoms with Crippen molar-refractivity contribution in [2.45, 2.75) is 32.2 Å². The number of likely N-dealkylation sites (tertiary alicyclic amines) is 1. The third-order valence-electron chi connectivity index (χ3n) is 4.48. The van der Waals surface area contributed by atoms with E-state index in [-0.39, 0.29) is 5.41 Å². The maximum absolute atomic E-state index is 11.1. The zero-order valence-corrected chi connectivity index (χ0v) is 8.57. The smallest absolute Gasteiger partial charge is 0.311 e. The quantitative estimate of drug-likeness (QED) is 0.735. The summed E-state index contributed by atoms with van der Waals surface area (Å²) in [7, 11) is 0. The van der Waals surface area contributed by atoms with Gasteiger partial charge in [-0.05, 0) is 38.0 Å². The van der Waals surface area contributed by atoms with Gasteiger partial charge in [0.2, 0.25) is 0 Å². The normalized spacial score (nSPS) is 43.4. The number of nitrogens with zero attached hydrogens (tertiary/aromatic N) is 1. The summed E-state index contributed by atoms with van der Waals surface area (Å²) in [6.07, 6.45) is 3.63. The third-order valence-corrected chi connectivity index (χ3v) is 4.48. The van der Waals surface area contributed by atoms with Crippen molar-refractivity contribution in [2.24, 2.45) is 17.3 Å². The zero-order valence-electron chi connectivity index (χ0n) is 8.57. The molecule has 0 amide bonds. The summed E-state index contributed by atoms with van der Waals surface area (Å²) in [4.78, 5) is 13.5. The van der Waals surface area contributed by atoms with Crippen molar-refractivity contribution in [2.75, 3.05) is 13.1 Å². The van der Waals surface area contributed by atoms with Crippen molar-refractivity contribution < 1.29 is 9.90 Å². The van der Waals surface area contributed by atoms with Gasteiger partial charge in [-0.15, -0.1) is 0 Å². The van der Waals surface area contributed by atoms with Crippen LogP contribution in [-0.2, 0) is 4.79 Å². The molecule has 0 bridgehead atoms. The van der Waals surface area contributed by atoms with Crippen molar-refractivity contribution in [1.29, 1.82) is 0 Å². The Morgan fingerprint density at radius 2 is 2.29 bits per heavy atom. The molecule has 0 radical (unpaired) electrons. The molecule has 3 heteroatoms. The Labute approximate surface area is 84.1 Å². The minimum absolute atomic E-state index is 0.330. The summed E-state index contributed by atoms with van der Waals surface area (Å²) < 4.78 is 0. The molecule has 3 rings (SSSR count). The van der Waals surface area contributed by atoms with E-state index in [2.05, 4.69) is 11.8 Å². The van der Waals surface area contributed by atoms with Gasteiger partial charge in [0.05, 0.1) is 5.41 Å². The molecule has 3 atom stereocenters. The van der Waals surface area contributed by atoms with Crippen LogP contribution in [0.4, 0.5) is 0 Å². The van der Waals surface area contributed by atoms with Gasteiger partial charge in [-0.1, -0.05) is 0 Å². The molecule has 3 unspecified atom stereocenters. The van der Waals surface area contributed by atoms with E-state index in [1.807, 2.05) is 0 Å². The molecular formula is C11H17NO2. The van der Waals surface area contributed by atoms with Crippen LogP contribution in [0.2, 0.25) is 0 Å². The van der Waals surface area contributed by atoms with Crippen LogP contribution in [0.1, 0.15) is 26.2 Å². The maximum atomic E-state index is 11.1. The topological polar surface area (TPSA) is 40.5 Å². The van der Waals surface area contributed by atoms with Gasteiger partial charge in [0.1, 0.15) is 0 Å². The van der Waals surface area contributed by atoms with E-state index in [0.717, 1.165) is 25.4 Å². The van der Waals surface area contributed by atoms with E-state index >= 15 is 0 Å². The van der Waals surface area contributed by atoms with Gasteiger partial charge in [0.25, 0.3) is 0 Å². The standard InChI is InChI=1S/C11H17NO2/c1-7(8-2-3-8)12-5-9-4-11(9,6-12)10(13)14/h7-9H,2-6H2,1H3,(H,13,14). The summed E-state index contributed by atoms with van der Waals surface area (Å²) in [6, 6.07) is 0.624. The Morgan fingerprint density at radius 1 is 1.57 bits per heavy atom. The summed E-state index contributed by atoms with van der Waals surface area (Å²) in [5, 5.41) is 9.14. The Morgan fingerprint density at radius 3 is 2.79 bits per heavy atom. The van der Waals surface area contributed by atoms with Gasteiger partial charge < -0.3 is 5.11 Å². The lowest BCUT2D eigenvalue weighted by Crippen LogP contribution is -2.36. The highest BCUT2D eigenvalue weighted by molar-refractivity contribution is 5.79. The zero-order chi connectivity index (χ0) is 9.92. The fraction of sp³-hybridized carbons (Fsp3) is 0.909. The SMILES string of the molecule is CC(C1CC1)N1CC2CC2(C(=O)O)C1. The molecule has 0 aromatic heterocycles. The van der Waals surface area contributed by atoms with Crippen LogP contribution in [0.25, 0.3) is 0 Å². The molecule has 3 fully saturated rings. The highest BCUT2D eigenvalue weighted by Gasteiger charge is 2.66. The van der Waals surface area contributed by atoms with E-state index in [9.17, 15) is 4.79 Å². The average Bonchev–Trinajstić information content (AvgIpc) is 3.04.